The first kappa shape index (κ1) is 19.7. The van der Waals surface area contributed by atoms with E-state index in [-0.39, 0.29) is 23.8 Å². The summed E-state index contributed by atoms with van der Waals surface area (Å²) in [6.07, 6.45) is 0. The van der Waals surface area contributed by atoms with Crippen LogP contribution in [0.2, 0.25) is 0 Å². The topological polar surface area (TPSA) is 51.2 Å². The summed E-state index contributed by atoms with van der Waals surface area (Å²) in [5.41, 5.74) is 1.88. The Bertz CT molecular complexity index is 1180. The maximum absolute atomic E-state index is 13.7. The fourth-order valence-electron chi connectivity index (χ4n) is 2.75. The van der Waals surface area contributed by atoms with Crippen molar-refractivity contribution in [3.63, 3.8) is 0 Å². The number of para-hydroxylation sites is 1. The molecule has 1 amide bonds. The molecule has 30 heavy (non-hydrogen) atoms. The Labute approximate surface area is 175 Å². The molecule has 0 fully saturated rings. The lowest BCUT2D eigenvalue weighted by molar-refractivity contribution is 0.102. The normalized spacial score (nSPS) is 10.6. The summed E-state index contributed by atoms with van der Waals surface area (Å²) in [6, 6.07) is 19.4. The number of hydrogen-bond acceptors (Lipinski definition) is 4. The number of benzene rings is 3. The standard InChI is InChI=1S/C23H16F2N2O2S/c24-17-5-3-4-15(12-17)13-29-18-10-8-16(9-11-18)23-27-21(14-30-23)22(28)26-20-7-2-1-6-19(20)25/h1-12,14H,13H2,(H,26,28). The number of hydrogen-bond donors (Lipinski definition) is 1. The third-order valence-corrected chi connectivity index (χ3v) is 5.15. The molecular formula is C23H16F2N2O2S. The molecule has 0 aliphatic rings. The molecule has 7 heteroatoms. The van der Waals surface area contributed by atoms with Crippen molar-refractivity contribution < 1.29 is 18.3 Å². The largest absolute Gasteiger partial charge is 0.489 e. The van der Waals surface area contributed by atoms with Crippen LogP contribution in [-0.4, -0.2) is 10.9 Å². The molecule has 0 spiro atoms. The number of aromatic nitrogens is 1. The van der Waals surface area contributed by atoms with E-state index >= 15 is 0 Å². The number of nitrogens with one attached hydrogen (secondary N) is 1. The number of anilines is 1. The summed E-state index contributed by atoms with van der Waals surface area (Å²) in [4.78, 5) is 16.7. The van der Waals surface area contributed by atoms with Gasteiger partial charge in [-0.05, 0) is 54.1 Å². The van der Waals surface area contributed by atoms with E-state index in [2.05, 4.69) is 10.3 Å². The zero-order valence-electron chi connectivity index (χ0n) is 15.6. The number of nitrogens with zero attached hydrogens (tertiary/aromatic N) is 1. The maximum Gasteiger partial charge on any atom is 0.275 e. The van der Waals surface area contributed by atoms with Crippen molar-refractivity contribution >= 4 is 22.9 Å². The van der Waals surface area contributed by atoms with Crippen molar-refractivity contribution in [2.45, 2.75) is 6.61 Å². The number of halogens is 2. The number of carbonyl (C=O) groups excluding carboxylic acids is 1. The minimum Gasteiger partial charge on any atom is -0.489 e. The van der Waals surface area contributed by atoms with Crippen LogP contribution >= 0.6 is 11.3 Å². The lowest BCUT2D eigenvalue weighted by Crippen LogP contribution is -2.13. The van der Waals surface area contributed by atoms with Crippen LogP contribution in [0.5, 0.6) is 5.75 Å². The van der Waals surface area contributed by atoms with Gasteiger partial charge in [-0.25, -0.2) is 13.8 Å². The third kappa shape index (κ3) is 4.69. The summed E-state index contributed by atoms with van der Waals surface area (Å²) in [5, 5.41) is 4.80. The Morgan fingerprint density at radius 3 is 2.57 bits per heavy atom. The van der Waals surface area contributed by atoms with Crippen molar-refractivity contribution in [2.24, 2.45) is 0 Å². The highest BCUT2D eigenvalue weighted by atomic mass is 32.1. The van der Waals surface area contributed by atoms with Crippen LogP contribution in [-0.2, 0) is 6.61 Å². The van der Waals surface area contributed by atoms with Crippen LogP contribution in [0, 0.1) is 11.6 Å². The number of ether oxygens (including phenoxy) is 1. The van der Waals surface area contributed by atoms with Gasteiger partial charge in [0, 0.05) is 10.9 Å². The zero-order chi connectivity index (χ0) is 20.9. The molecular weight excluding hydrogens is 406 g/mol. The van der Waals surface area contributed by atoms with E-state index in [0.717, 1.165) is 11.1 Å². The molecule has 0 unspecified atom stereocenters. The summed E-state index contributed by atoms with van der Waals surface area (Å²) in [7, 11) is 0. The maximum atomic E-state index is 13.7. The first-order chi connectivity index (χ1) is 14.6. The Morgan fingerprint density at radius 2 is 1.80 bits per heavy atom. The second kappa shape index (κ2) is 8.84. The van der Waals surface area contributed by atoms with Crippen LogP contribution < -0.4 is 10.1 Å². The molecule has 0 aliphatic heterocycles. The van der Waals surface area contributed by atoms with Crippen molar-refractivity contribution in [3.05, 3.63) is 101 Å². The van der Waals surface area contributed by atoms with Gasteiger partial charge in [-0.2, -0.15) is 0 Å². The van der Waals surface area contributed by atoms with Gasteiger partial charge in [-0.15, -0.1) is 11.3 Å². The van der Waals surface area contributed by atoms with Crippen LogP contribution in [0.25, 0.3) is 10.6 Å². The Morgan fingerprint density at radius 1 is 1.00 bits per heavy atom. The first-order valence-corrected chi connectivity index (χ1v) is 9.95. The van der Waals surface area contributed by atoms with Gasteiger partial charge in [0.15, 0.2) is 0 Å². The minimum atomic E-state index is -0.505. The highest BCUT2D eigenvalue weighted by Gasteiger charge is 2.14. The van der Waals surface area contributed by atoms with Crippen LogP contribution in [0.1, 0.15) is 16.1 Å². The Kier molecular flexibility index (Phi) is 5.81. The van der Waals surface area contributed by atoms with E-state index in [1.807, 2.05) is 12.1 Å². The zero-order valence-corrected chi connectivity index (χ0v) is 16.5. The van der Waals surface area contributed by atoms with E-state index in [0.29, 0.717) is 10.8 Å². The fraction of sp³-hybridized carbons (Fsp3) is 0.0435. The summed E-state index contributed by atoms with van der Waals surface area (Å²) < 4.78 is 32.6. The predicted molar refractivity (Wildman–Crippen MR) is 113 cm³/mol. The average molecular weight is 422 g/mol. The number of amides is 1. The van der Waals surface area contributed by atoms with Crippen molar-refractivity contribution in [2.75, 3.05) is 5.32 Å². The minimum absolute atomic E-state index is 0.108. The van der Waals surface area contributed by atoms with Crippen molar-refractivity contribution in [1.29, 1.82) is 0 Å². The van der Waals surface area contributed by atoms with Gasteiger partial charge < -0.3 is 10.1 Å². The van der Waals surface area contributed by atoms with E-state index in [4.69, 9.17) is 4.74 Å². The molecule has 1 aromatic heterocycles. The van der Waals surface area contributed by atoms with E-state index in [1.165, 1.54) is 35.6 Å². The highest BCUT2D eigenvalue weighted by molar-refractivity contribution is 7.13. The van der Waals surface area contributed by atoms with Gasteiger partial charge in [0.05, 0.1) is 5.69 Å². The van der Waals surface area contributed by atoms with Gasteiger partial charge in [0.2, 0.25) is 0 Å². The van der Waals surface area contributed by atoms with Gasteiger partial charge in [0.1, 0.15) is 34.7 Å². The lowest BCUT2D eigenvalue weighted by atomic mass is 10.2. The number of rotatable bonds is 6. The second-order valence-corrected chi connectivity index (χ2v) is 7.27. The van der Waals surface area contributed by atoms with Gasteiger partial charge in [0.25, 0.3) is 5.91 Å². The Balaban J connectivity index is 1.40. The number of thiazole rings is 1. The second-order valence-electron chi connectivity index (χ2n) is 6.41. The molecule has 0 saturated heterocycles. The molecule has 150 valence electrons. The van der Waals surface area contributed by atoms with Crippen molar-refractivity contribution in [3.8, 4) is 16.3 Å². The summed E-state index contributed by atoms with van der Waals surface area (Å²) in [6.45, 7) is 0.259. The lowest BCUT2D eigenvalue weighted by Gasteiger charge is -2.07. The van der Waals surface area contributed by atoms with Crippen molar-refractivity contribution in [1.82, 2.24) is 4.98 Å². The van der Waals surface area contributed by atoms with Crippen LogP contribution in [0.3, 0.4) is 0 Å². The fourth-order valence-corrected chi connectivity index (χ4v) is 3.55. The molecule has 1 N–H and O–H groups in total. The molecule has 0 bridgehead atoms. The van der Waals surface area contributed by atoms with Gasteiger partial charge in [-0.1, -0.05) is 24.3 Å². The molecule has 4 rings (SSSR count). The van der Waals surface area contributed by atoms with E-state index in [1.54, 1.807) is 41.8 Å². The predicted octanol–water partition coefficient (Wildman–Crippen LogP) is 5.92. The summed E-state index contributed by atoms with van der Waals surface area (Å²) in [5.74, 6) is -0.644. The molecule has 4 aromatic rings. The SMILES string of the molecule is O=C(Nc1ccccc1F)c1csc(-c2ccc(OCc3cccc(F)c3)cc2)n1. The van der Waals surface area contributed by atoms with E-state index < -0.39 is 11.7 Å². The molecule has 4 nitrogen and oxygen atoms in total. The third-order valence-electron chi connectivity index (χ3n) is 4.25. The van der Waals surface area contributed by atoms with Gasteiger partial charge in [-0.3, -0.25) is 4.79 Å². The summed E-state index contributed by atoms with van der Waals surface area (Å²) >= 11 is 1.32. The monoisotopic (exact) mass is 422 g/mol. The average Bonchev–Trinajstić information content (AvgIpc) is 3.25. The van der Waals surface area contributed by atoms with Gasteiger partial charge >= 0.3 is 0 Å². The smallest absolute Gasteiger partial charge is 0.275 e. The quantitative estimate of drug-likeness (QED) is 0.420. The molecule has 0 aliphatic carbocycles. The molecule has 1 heterocycles. The molecule has 0 radical (unpaired) electrons. The van der Waals surface area contributed by atoms with E-state index in [9.17, 15) is 13.6 Å². The first-order valence-electron chi connectivity index (χ1n) is 9.07. The molecule has 0 atom stereocenters. The van der Waals surface area contributed by atoms with Crippen LogP contribution in [0.15, 0.2) is 78.2 Å². The van der Waals surface area contributed by atoms with Crippen LogP contribution in [0.4, 0.5) is 14.5 Å². The highest BCUT2D eigenvalue weighted by Crippen LogP contribution is 2.26. The Hall–Kier alpha value is -3.58. The molecule has 0 saturated carbocycles. The number of carbonyl (C=O) groups is 1. The molecule has 3 aromatic carbocycles.